The zero-order valence-corrected chi connectivity index (χ0v) is 12.8. The molecule has 0 aliphatic rings. The van der Waals surface area contributed by atoms with E-state index >= 15 is 0 Å². The number of nitrogens with one attached hydrogen (secondary N) is 2. The molecule has 0 fully saturated rings. The second-order valence-corrected chi connectivity index (χ2v) is 5.53. The lowest BCUT2D eigenvalue weighted by atomic mass is 10.3. The molecule has 0 saturated carbocycles. The molecule has 0 saturated heterocycles. The Bertz CT molecular complexity index is 597. The maximum atomic E-state index is 12.5. The standard InChI is InChI=1S/C12H11BrF2N4S/c1-16-12-17-6-7(13)10(19-12)18-8-4-2-3-5-9(8)20-11(14)15/h2-6,11H,1H3,(H2,16,17,18,19). The van der Waals surface area contributed by atoms with Gasteiger partial charge in [0.1, 0.15) is 5.82 Å². The van der Waals surface area contributed by atoms with Gasteiger partial charge in [0, 0.05) is 18.1 Å². The number of hydrogen-bond acceptors (Lipinski definition) is 5. The van der Waals surface area contributed by atoms with Crippen LogP contribution in [-0.2, 0) is 0 Å². The monoisotopic (exact) mass is 360 g/mol. The SMILES string of the molecule is CNc1ncc(Br)c(Nc2ccccc2SC(F)F)n1. The van der Waals surface area contributed by atoms with E-state index in [1.807, 2.05) is 0 Å². The van der Waals surface area contributed by atoms with Gasteiger partial charge in [-0.2, -0.15) is 13.8 Å². The van der Waals surface area contributed by atoms with Crippen LogP contribution in [0.3, 0.4) is 0 Å². The Morgan fingerprint density at radius 1 is 1.30 bits per heavy atom. The number of nitrogens with zero attached hydrogens (tertiary/aromatic N) is 2. The molecule has 0 amide bonds. The molecule has 1 aromatic carbocycles. The molecule has 0 spiro atoms. The first-order valence-electron chi connectivity index (χ1n) is 5.61. The lowest BCUT2D eigenvalue weighted by Gasteiger charge is -2.12. The fourth-order valence-electron chi connectivity index (χ4n) is 1.47. The highest BCUT2D eigenvalue weighted by atomic mass is 79.9. The summed E-state index contributed by atoms with van der Waals surface area (Å²) in [5, 5.41) is 5.85. The van der Waals surface area contributed by atoms with Gasteiger partial charge in [0.15, 0.2) is 0 Å². The zero-order valence-electron chi connectivity index (χ0n) is 10.4. The van der Waals surface area contributed by atoms with Crippen LogP contribution in [0.1, 0.15) is 0 Å². The van der Waals surface area contributed by atoms with Gasteiger partial charge in [0.2, 0.25) is 5.95 Å². The van der Waals surface area contributed by atoms with E-state index < -0.39 is 5.76 Å². The molecule has 8 heteroatoms. The molecular weight excluding hydrogens is 350 g/mol. The van der Waals surface area contributed by atoms with Crippen molar-refractivity contribution in [1.82, 2.24) is 9.97 Å². The molecule has 0 unspecified atom stereocenters. The summed E-state index contributed by atoms with van der Waals surface area (Å²) in [6.07, 6.45) is 1.59. The Morgan fingerprint density at radius 2 is 2.05 bits per heavy atom. The molecule has 2 aromatic rings. The molecule has 1 heterocycles. The average molecular weight is 361 g/mol. The Balaban J connectivity index is 2.30. The van der Waals surface area contributed by atoms with Gasteiger partial charge in [-0.25, -0.2) is 4.98 Å². The predicted molar refractivity (Wildman–Crippen MR) is 80.9 cm³/mol. The van der Waals surface area contributed by atoms with E-state index in [0.29, 0.717) is 38.6 Å². The van der Waals surface area contributed by atoms with E-state index in [4.69, 9.17) is 0 Å². The van der Waals surface area contributed by atoms with E-state index in [1.54, 1.807) is 37.5 Å². The third kappa shape index (κ3) is 3.80. The summed E-state index contributed by atoms with van der Waals surface area (Å²) >= 11 is 3.81. The van der Waals surface area contributed by atoms with Crippen LogP contribution in [0.25, 0.3) is 0 Å². The highest BCUT2D eigenvalue weighted by molar-refractivity contribution is 9.10. The largest absolute Gasteiger partial charge is 0.357 e. The van der Waals surface area contributed by atoms with E-state index in [-0.39, 0.29) is 0 Å². The lowest BCUT2D eigenvalue weighted by molar-refractivity contribution is 0.252. The molecule has 2 rings (SSSR count). The first-order chi connectivity index (χ1) is 9.60. The van der Waals surface area contributed by atoms with Crippen molar-refractivity contribution in [2.45, 2.75) is 10.7 Å². The molecule has 0 aliphatic carbocycles. The van der Waals surface area contributed by atoms with Gasteiger partial charge in [0.25, 0.3) is 5.76 Å². The normalized spacial score (nSPS) is 10.7. The Kier molecular flexibility index (Phi) is 5.13. The smallest absolute Gasteiger partial charge is 0.288 e. The van der Waals surface area contributed by atoms with Gasteiger partial charge in [-0.05, 0) is 28.1 Å². The summed E-state index contributed by atoms with van der Waals surface area (Å²) in [5.74, 6) is -1.53. The van der Waals surface area contributed by atoms with Gasteiger partial charge in [-0.15, -0.1) is 0 Å². The maximum Gasteiger partial charge on any atom is 0.288 e. The number of hydrogen-bond donors (Lipinski definition) is 2. The summed E-state index contributed by atoms with van der Waals surface area (Å²) < 4.78 is 25.7. The second-order valence-electron chi connectivity index (χ2n) is 3.64. The molecule has 0 atom stereocenters. The predicted octanol–water partition coefficient (Wildman–Crippen LogP) is 4.34. The van der Waals surface area contributed by atoms with Crippen molar-refractivity contribution >= 4 is 45.1 Å². The van der Waals surface area contributed by atoms with Crippen LogP contribution in [0, 0.1) is 0 Å². The number of thioether (sulfide) groups is 1. The number of anilines is 3. The quantitative estimate of drug-likeness (QED) is 0.776. The molecule has 106 valence electrons. The fraction of sp³-hybridized carbons (Fsp3) is 0.167. The third-order valence-corrected chi connectivity index (χ3v) is 3.69. The highest BCUT2D eigenvalue weighted by Crippen LogP contribution is 2.34. The summed E-state index contributed by atoms with van der Waals surface area (Å²) in [4.78, 5) is 8.72. The summed E-state index contributed by atoms with van der Waals surface area (Å²) in [6.45, 7) is 0. The zero-order chi connectivity index (χ0) is 14.5. The summed E-state index contributed by atoms with van der Waals surface area (Å²) in [6, 6.07) is 6.83. The van der Waals surface area contributed by atoms with Crippen molar-refractivity contribution in [2.75, 3.05) is 17.7 Å². The molecule has 20 heavy (non-hydrogen) atoms. The number of para-hydroxylation sites is 1. The van der Waals surface area contributed by atoms with Crippen LogP contribution in [0.4, 0.5) is 26.2 Å². The van der Waals surface area contributed by atoms with Crippen molar-refractivity contribution in [3.63, 3.8) is 0 Å². The molecule has 4 nitrogen and oxygen atoms in total. The number of aromatic nitrogens is 2. The van der Waals surface area contributed by atoms with Gasteiger partial charge in [-0.1, -0.05) is 23.9 Å². The topological polar surface area (TPSA) is 49.8 Å². The number of rotatable bonds is 5. The van der Waals surface area contributed by atoms with Crippen molar-refractivity contribution in [1.29, 1.82) is 0 Å². The first kappa shape index (κ1) is 15.0. The van der Waals surface area contributed by atoms with Crippen LogP contribution in [0.5, 0.6) is 0 Å². The number of benzene rings is 1. The fourth-order valence-corrected chi connectivity index (χ4v) is 2.36. The van der Waals surface area contributed by atoms with Gasteiger partial charge >= 0.3 is 0 Å². The Hall–Kier alpha value is -1.41. The molecule has 0 aliphatic heterocycles. The highest BCUT2D eigenvalue weighted by Gasteiger charge is 2.11. The molecule has 2 N–H and O–H groups in total. The van der Waals surface area contributed by atoms with Gasteiger partial charge in [0.05, 0.1) is 10.2 Å². The summed E-state index contributed by atoms with van der Waals surface area (Å²) in [5.41, 5.74) is 0.569. The van der Waals surface area contributed by atoms with Crippen molar-refractivity contribution in [2.24, 2.45) is 0 Å². The van der Waals surface area contributed by atoms with E-state index in [2.05, 4.69) is 36.5 Å². The van der Waals surface area contributed by atoms with Crippen molar-refractivity contribution in [3.8, 4) is 0 Å². The second kappa shape index (κ2) is 6.85. The van der Waals surface area contributed by atoms with Crippen LogP contribution in [0.15, 0.2) is 39.8 Å². The molecule has 0 bridgehead atoms. The van der Waals surface area contributed by atoms with E-state index in [1.165, 1.54) is 0 Å². The van der Waals surface area contributed by atoms with E-state index in [0.717, 1.165) is 0 Å². The van der Waals surface area contributed by atoms with Crippen LogP contribution in [0.2, 0.25) is 0 Å². The molecule has 0 radical (unpaired) electrons. The minimum atomic E-state index is -2.47. The van der Waals surface area contributed by atoms with Gasteiger partial charge in [-0.3, -0.25) is 0 Å². The first-order valence-corrected chi connectivity index (χ1v) is 7.28. The Labute approximate surface area is 127 Å². The molecule has 1 aromatic heterocycles. The minimum absolute atomic E-state index is 0.440. The van der Waals surface area contributed by atoms with E-state index in [9.17, 15) is 8.78 Å². The van der Waals surface area contributed by atoms with Crippen LogP contribution >= 0.6 is 27.7 Å². The van der Waals surface area contributed by atoms with Gasteiger partial charge < -0.3 is 10.6 Å². The minimum Gasteiger partial charge on any atom is -0.357 e. The van der Waals surface area contributed by atoms with Crippen LogP contribution in [-0.4, -0.2) is 22.8 Å². The summed E-state index contributed by atoms with van der Waals surface area (Å²) in [7, 11) is 1.70. The third-order valence-electron chi connectivity index (χ3n) is 2.32. The molecular formula is C12H11BrF2N4S. The lowest BCUT2D eigenvalue weighted by Crippen LogP contribution is -2.02. The van der Waals surface area contributed by atoms with Crippen molar-refractivity contribution < 1.29 is 8.78 Å². The van der Waals surface area contributed by atoms with Crippen LogP contribution < -0.4 is 10.6 Å². The Morgan fingerprint density at radius 3 is 2.75 bits per heavy atom. The van der Waals surface area contributed by atoms with Crippen molar-refractivity contribution in [3.05, 3.63) is 34.9 Å². The average Bonchev–Trinajstić information content (AvgIpc) is 2.43. The number of alkyl halides is 2. The maximum absolute atomic E-state index is 12.5. The number of halogens is 3.